The van der Waals surface area contributed by atoms with Gasteiger partial charge in [0.05, 0.1) is 15.1 Å². The van der Waals surface area contributed by atoms with E-state index in [0.717, 1.165) is 6.42 Å². The number of rotatable bonds is 8. The van der Waals surface area contributed by atoms with Crippen LogP contribution >= 0.6 is 22.6 Å². The van der Waals surface area contributed by atoms with Gasteiger partial charge in [-0.05, 0) is 75.9 Å². The van der Waals surface area contributed by atoms with Gasteiger partial charge >= 0.3 is 5.97 Å². The highest BCUT2D eigenvalue weighted by atomic mass is 127. The van der Waals surface area contributed by atoms with Crippen molar-refractivity contribution < 1.29 is 24.2 Å². The number of hydrogen-bond donors (Lipinski definition) is 0. The first-order chi connectivity index (χ1) is 12.7. The molecule has 0 fully saturated rings. The lowest BCUT2D eigenvalue weighted by molar-refractivity contribution is -0.255. The van der Waals surface area contributed by atoms with Crippen LogP contribution in [0.15, 0.2) is 42.5 Å². The molecule has 0 unspecified atom stereocenters. The number of esters is 1. The summed E-state index contributed by atoms with van der Waals surface area (Å²) in [6.07, 6.45) is 1.01. The average molecular weight is 481 g/mol. The molecule has 0 aliphatic rings. The van der Waals surface area contributed by atoms with E-state index in [2.05, 4.69) is 20.8 Å². The molecule has 0 aliphatic carbocycles. The lowest BCUT2D eigenvalue weighted by atomic mass is 9.82. The zero-order valence-corrected chi connectivity index (χ0v) is 17.7. The fourth-order valence-corrected chi connectivity index (χ4v) is 3.05. The summed E-state index contributed by atoms with van der Waals surface area (Å²) in [4.78, 5) is 22.9. The van der Waals surface area contributed by atoms with Crippen LogP contribution in [0.25, 0.3) is 0 Å². The predicted molar refractivity (Wildman–Crippen MR) is 109 cm³/mol. The SMILES string of the molecule is CCC(C)(C)c1ccc(C(=O)OCCOc2ccc(C(=O)[O-])cc2I)cc1. The fourth-order valence-electron chi connectivity index (χ4n) is 2.38. The van der Waals surface area contributed by atoms with Crippen molar-refractivity contribution in [3.05, 3.63) is 62.7 Å². The number of carboxylic acid groups (broad SMARTS) is 1. The van der Waals surface area contributed by atoms with Crippen molar-refractivity contribution in [3.8, 4) is 5.75 Å². The number of hydrogen-bond acceptors (Lipinski definition) is 5. The maximum atomic E-state index is 12.1. The molecule has 0 amide bonds. The molecular weight excluding hydrogens is 459 g/mol. The summed E-state index contributed by atoms with van der Waals surface area (Å²) in [6, 6.07) is 11.9. The number of ether oxygens (including phenoxy) is 2. The number of benzene rings is 2. The van der Waals surface area contributed by atoms with Crippen molar-refractivity contribution in [2.75, 3.05) is 13.2 Å². The van der Waals surface area contributed by atoms with E-state index in [1.807, 2.05) is 34.7 Å². The minimum Gasteiger partial charge on any atom is -0.545 e. The molecule has 144 valence electrons. The molecule has 27 heavy (non-hydrogen) atoms. The molecule has 0 bridgehead atoms. The Morgan fingerprint density at radius 3 is 2.22 bits per heavy atom. The van der Waals surface area contributed by atoms with E-state index >= 15 is 0 Å². The Kier molecular flexibility index (Phi) is 7.24. The number of carboxylic acids is 1. The highest BCUT2D eigenvalue weighted by Crippen LogP contribution is 2.26. The number of halogens is 1. The average Bonchev–Trinajstić information content (AvgIpc) is 2.66. The first kappa shape index (κ1) is 21.2. The molecule has 2 aromatic rings. The summed E-state index contributed by atoms with van der Waals surface area (Å²) in [5.41, 5.74) is 1.84. The van der Waals surface area contributed by atoms with Gasteiger partial charge in [0, 0.05) is 0 Å². The molecule has 2 aromatic carbocycles. The molecule has 6 heteroatoms. The summed E-state index contributed by atoms with van der Waals surface area (Å²) in [7, 11) is 0. The van der Waals surface area contributed by atoms with Crippen molar-refractivity contribution in [1.82, 2.24) is 0 Å². The Morgan fingerprint density at radius 1 is 1.04 bits per heavy atom. The van der Waals surface area contributed by atoms with Gasteiger partial charge in [-0.25, -0.2) is 4.79 Å². The number of carbonyl (C=O) groups is 2. The van der Waals surface area contributed by atoms with Crippen LogP contribution in [0.5, 0.6) is 5.75 Å². The van der Waals surface area contributed by atoms with Gasteiger partial charge in [0.1, 0.15) is 19.0 Å². The van der Waals surface area contributed by atoms with E-state index in [0.29, 0.717) is 14.9 Å². The van der Waals surface area contributed by atoms with Gasteiger partial charge in [0.2, 0.25) is 0 Å². The summed E-state index contributed by atoms with van der Waals surface area (Å²) in [6.45, 7) is 6.74. The van der Waals surface area contributed by atoms with E-state index in [1.165, 1.54) is 17.7 Å². The first-order valence-electron chi connectivity index (χ1n) is 8.66. The minimum absolute atomic E-state index is 0.0691. The first-order valence-corrected chi connectivity index (χ1v) is 9.74. The van der Waals surface area contributed by atoms with E-state index in [1.54, 1.807) is 18.2 Å². The van der Waals surface area contributed by atoms with Crippen LogP contribution in [0, 0.1) is 3.57 Å². The summed E-state index contributed by atoms with van der Waals surface area (Å²) in [5, 5.41) is 10.8. The lowest BCUT2D eigenvalue weighted by Crippen LogP contribution is -2.22. The Hall–Kier alpha value is -2.09. The van der Waals surface area contributed by atoms with E-state index in [9.17, 15) is 14.7 Å². The van der Waals surface area contributed by atoms with Crippen LogP contribution in [-0.2, 0) is 10.2 Å². The Morgan fingerprint density at radius 2 is 1.67 bits per heavy atom. The largest absolute Gasteiger partial charge is 0.545 e. The normalized spacial score (nSPS) is 11.1. The number of aromatic carboxylic acids is 1. The maximum Gasteiger partial charge on any atom is 0.338 e. The zero-order chi connectivity index (χ0) is 20.0. The van der Waals surface area contributed by atoms with Crippen molar-refractivity contribution in [2.45, 2.75) is 32.6 Å². The third kappa shape index (κ3) is 5.69. The van der Waals surface area contributed by atoms with E-state index in [-0.39, 0.29) is 24.2 Å². The monoisotopic (exact) mass is 481 g/mol. The lowest BCUT2D eigenvalue weighted by Gasteiger charge is -2.23. The summed E-state index contributed by atoms with van der Waals surface area (Å²) in [5.74, 6) is -1.11. The zero-order valence-electron chi connectivity index (χ0n) is 15.6. The predicted octanol–water partition coefficient (Wildman–Crippen LogP) is 3.58. The van der Waals surface area contributed by atoms with Gasteiger partial charge in [-0.3, -0.25) is 0 Å². The van der Waals surface area contributed by atoms with Crippen molar-refractivity contribution >= 4 is 34.5 Å². The molecule has 0 aliphatic heterocycles. The fraction of sp³-hybridized carbons (Fsp3) is 0.333. The third-order valence-electron chi connectivity index (χ3n) is 4.53. The second-order valence-electron chi connectivity index (χ2n) is 6.73. The Labute approximate surface area is 172 Å². The topological polar surface area (TPSA) is 75.7 Å². The molecule has 2 rings (SSSR count). The van der Waals surface area contributed by atoms with Gasteiger partial charge in [0.25, 0.3) is 0 Å². The molecule has 0 N–H and O–H groups in total. The van der Waals surface area contributed by atoms with Crippen LogP contribution in [0.1, 0.15) is 53.5 Å². The van der Waals surface area contributed by atoms with Crippen molar-refractivity contribution in [3.63, 3.8) is 0 Å². The summed E-state index contributed by atoms with van der Waals surface area (Å²) < 4.78 is 11.4. The van der Waals surface area contributed by atoms with Crippen LogP contribution in [0.3, 0.4) is 0 Å². The molecule has 0 heterocycles. The number of carbonyl (C=O) groups excluding carboxylic acids is 2. The molecule has 5 nitrogen and oxygen atoms in total. The van der Waals surface area contributed by atoms with Gasteiger partial charge in [0.15, 0.2) is 0 Å². The molecular formula is C21H22IO5-. The quantitative estimate of drug-likeness (QED) is 0.328. The van der Waals surface area contributed by atoms with E-state index in [4.69, 9.17) is 9.47 Å². The van der Waals surface area contributed by atoms with Crippen LogP contribution in [-0.4, -0.2) is 25.2 Å². The molecule has 0 saturated carbocycles. The molecule has 0 aromatic heterocycles. The summed E-state index contributed by atoms with van der Waals surface area (Å²) >= 11 is 1.98. The van der Waals surface area contributed by atoms with Gasteiger partial charge in [-0.2, -0.15) is 0 Å². The molecule has 0 atom stereocenters. The highest BCUT2D eigenvalue weighted by Gasteiger charge is 2.18. The smallest absolute Gasteiger partial charge is 0.338 e. The third-order valence-corrected chi connectivity index (χ3v) is 5.37. The minimum atomic E-state index is -1.23. The maximum absolute atomic E-state index is 12.1. The standard InChI is InChI=1S/C21H23IO5/c1-4-21(2,3)16-8-5-14(6-9-16)20(25)27-12-11-26-18-10-7-15(19(23)24)13-17(18)22/h5-10,13H,4,11-12H2,1-3H3,(H,23,24)/p-1. The van der Waals surface area contributed by atoms with Crippen LogP contribution < -0.4 is 9.84 Å². The van der Waals surface area contributed by atoms with Crippen LogP contribution in [0.4, 0.5) is 0 Å². The van der Waals surface area contributed by atoms with E-state index < -0.39 is 11.9 Å². The van der Waals surface area contributed by atoms with Gasteiger partial charge in [-0.15, -0.1) is 0 Å². The van der Waals surface area contributed by atoms with Crippen molar-refractivity contribution in [1.29, 1.82) is 0 Å². The molecule has 0 spiro atoms. The highest BCUT2D eigenvalue weighted by molar-refractivity contribution is 14.1. The molecule has 0 radical (unpaired) electrons. The van der Waals surface area contributed by atoms with Gasteiger partial charge in [-0.1, -0.05) is 32.9 Å². The van der Waals surface area contributed by atoms with Crippen LogP contribution in [0.2, 0.25) is 0 Å². The Balaban J connectivity index is 1.85. The Bertz CT molecular complexity index is 812. The second kappa shape index (κ2) is 9.21. The molecule has 0 saturated heterocycles. The van der Waals surface area contributed by atoms with Gasteiger partial charge < -0.3 is 19.4 Å². The second-order valence-corrected chi connectivity index (χ2v) is 7.89. The van der Waals surface area contributed by atoms with Crippen molar-refractivity contribution in [2.24, 2.45) is 0 Å².